The second-order valence-electron chi connectivity index (χ2n) is 4.25. The first-order chi connectivity index (χ1) is 8.08. The number of carbonyl (C=O) groups is 1. The largest absolute Gasteiger partial charge is 0.480 e. The third-order valence-electron chi connectivity index (χ3n) is 2.62. The summed E-state index contributed by atoms with van der Waals surface area (Å²) < 4.78 is 5.25. The first-order valence-corrected chi connectivity index (χ1v) is 5.49. The molecule has 0 saturated heterocycles. The summed E-state index contributed by atoms with van der Waals surface area (Å²) in [6, 6.07) is 0.0338. The van der Waals surface area contributed by atoms with Gasteiger partial charge in [0.25, 0.3) is 0 Å². The van der Waals surface area contributed by atoms with Crippen LogP contribution in [0.2, 0.25) is 0 Å². The lowest BCUT2D eigenvalue weighted by atomic mass is 10.3. The average molecular weight is 237 g/mol. The zero-order chi connectivity index (χ0) is 12.4. The number of rotatable bonds is 4. The van der Waals surface area contributed by atoms with Crippen molar-refractivity contribution in [2.45, 2.75) is 33.1 Å². The fourth-order valence-electron chi connectivity index (χ4n) is 1.70. The first-order valence-electron chi connectivity index (χ1n) is 5.49. The maximum absolute atomic E-state index is 10.8. The fraction of sp³-hybridized carbons (Fsp3) is 0.545. The van der Waals surface area contributed by atoms with Crippen LogP contribution in [0.5, 0.6) is 0 Å². The minimum Gasteiger partial charge on any atom is -0.480 e. The third-order valence-corrected chi connectivity index (χ3v) is 2.62. The molecule has 1 aromatic rings. The van der Waals surface area contributed by atoms with E-state index >= 15 is 0 Å². The molecule has 0 fully saturated rings. The number of fused-ring (bicyclic) bond motifs is 1. The van der Waals surface area contributed by atoms with Crippen LogP contribution in [0.25, 0.3) is 0 Å². The molecule has 1 aromatic heterocycles. The summed E-state index contributed by atoms with van der Waals surface area (Å²) in [5.74, 6) is -0.439. The number of aliphatic carboxylic acids is 1. The zero-order valence-corrected chi connectivity index (χ0v) is 9.88. The van der Waals surface area contributed by atoms with Crippen molar-refractivity contribution in [2.24, 2.45) is 0 Å². The van der Waals surface area contributed by atoms with Gasteiger partial charge in [-0.1, -0.05) is 0 Å². The number of aromatic nitrogens is 2. The molecule has 0 aromatic carbocycles. The molecular weight excluding hydrogens is 222 g/mol. The van der Waals surface area contributed by atoms with E-state index < -0.39 is 5.97 Å². The smallest absolute Gasteiger partial charge is 0.323 e. The molecule has 2 rings (SSSR count). The highest BCUT2D eigenvalue weighted by Crippen LogP contribution is 2.20. The number of carboxylic acid groups (broad SMARTS) is 1. The predicted octanol–water partition coefficient (Wildman–Crippen LogP) is 0.806. The van der Waals surface area contributed by atoms with Crippen LogP contribution in [0, 0.1) is 0 Å². The van der Waals surface area contributed by atoms with Gasteiger partial charge in [-0.15, -0.1) is 0 Å². The van der Waals surface area contributed by atoms with Gasteiger partial charge in [-0.2, -0.15) is 0 Å². The summed E-state index contributed by atoms with van der Waals surface area (Å²) in [4.78, 5) is 21.0. The van der Waals surface area contributed by atoms with Crippen molar-refractivity contribution in [3.63, 3.8) is 0 Å². The molecule has 1 aliphatic rings. The molecular formula is C11H15N3O3. The van der Waals surface area contributed by atoms with Gasteiger partial charge in [-0.25, -0.2) is 9.97 Å². The highest BCUT2D eigenvalue weighted by Gasteiger charge is 2.20. The Morgan fingerprint density at radius 2 is 2.35 bits per heavy atom. The molecule has 0 saturated carbocycles. The quantitative estimate of drug-likeness (QED) is 0.835. The Balaban J connectivity index is 2.27. The maximum atomic E-state index is 10.8. The molecule has 0 unspecified atom stereocenters. The van der Waals surface area contributed by atoms with Crippen LogP contribution in [-0.4, -0.2) is 33.6 Å². The molecule has 2 heterocycles. The summed E-state index contributed by atoms with van der Waals surface area (Å²) in [5.41, 5.74) is 1.83. The van der Waals surface area contributed by atoms with Crippen molar-refractivity contribution in [3.8, 4) is 0 Å². The number of hydrogen-bond acceptors (Lipinski definition) is 5. The van der Waals surface area contributed by atoms with E-state index in [0.29, 0.717) is 19.2 Å². The topological polar surface area (TPSA) is 75.6 Å². The van der Waals surface area contributed by atoms with Gasteiger partial charge in [0.05, 0.1) is 18.9 Å². The van der Waals surface area contributed by atoms with Gasteiger partial charge >= 0.3 is 5.97 Å². The Bertz CT molecular complexity index is 434. The molecule has 6 nitrogen and oxygen atoms in total. The van der Waals surface area contributed by atoms with Gasteiger partial charge in [0.2, 0.25) is 5.95 Å². The van der Waals surface area contributed by atoms with Crippen LogP contribution in [0.1, 0.15) is 25.1 Å². The van der Waals surface area contributed by atoms with Crippen LogP contribution in [0.4, 0.5) is 5.95 Å². The van der Waals surface area contributed by atoms with E-state index in [9.17, 15) is 4.79 Å². The van der Waals surface area contributed by atoms with Crippen molar-refractivity contribution < 1.29 is 14.6 Å². The number of ether oxygens (including phenoxy) is 1. The van der Waals surface area contributed by atoms with E-state index in [-0.39, 0.29) is 12.6 Å². The van der Waals surface area contributed by atoms with E-state index in [2.05, 4.69) is 9.97 Å². The van der Waals surface area contributed by atoms with E-state index in [1.807, 2.05) is 13.8 Å². The van der Waals surface area contributed by atoms with Crippen molar-refractivity contribution >= 4 is 11.9 Å². The average Bonchev–Trinajstić information content (AvgIpc) is 2.72. The molecule has 0 spiro atoms. The molecule has 0 amide bonds. The summed E-state index contributed by atoms with van der Waals surface area (Å²) in [6.07, 6.45) is 1.71. The van der Waals surface area contributed by atoms with Gasteiger partial charge in [0.1, 0.15) is 6.54 Å². The van der Waals surface area contributed by atoms with Gasteiger partial charge in [-0.3, -0.25) is 4.79 Å². The molecule has 17 heavy (non-hydrogen) atoms. The molecule has 6 heteroatoms. The van der Waals surface area contributed by atoms with Crippen LogP contribution < -0.4 is 4.90 Å². The SMILES string of the molecule is CC(C)N(CC(=O)O)c1ncc2c(n1)COC2. The second-order valence-corrected chi connectivity index (χ2v) is 4.25. The number of anilines is 1. The summed E-state index contributed by atoms with van der Waals surface area (Å²) in [5, 5.41) is 8.87. The molecule has 92 valence electrons. The zero-order valence-electron chi connectivity index (χ0n) is 9.88. The lowest BCUT2D eigenvalue weighted by molar-refractivity contribution is -0.135. The normalized spacial score (nSPS) is 13.8. The molecule has 0 radical (unpaired) electrons. The minimum atomic E-state index is -0.890. The van der Waals surface area contributed by atoms with Gasteiger partial charge in [0, 0.05) is 17.8 Å². The Morgan fingerprint density at radius 1 is 1.59 bits per heavy atom. The van der Waals surface area contributed by atoms with E-state index in [0.717, 1.165) is 11.3 Å². The number of carboxylic acids is 1. The second kappa shape index (κ2) is 4.67. The summed E-state index contributed by atoms with van der Waals surface area (Å²) >= 11 is 0. The molecule has 1 aliphatic heterocycles. The Hall–Kier alpha value is -1.69. The van der Waals surface area contributed by atoms with Crippen molar-refractivity contribution in [1.29, 1.82) is 0 Å². The van der Waals surface area contributed by atoms with Crippen LogP contribution in [0.3, 0.4) is 0 Å². The Kier molecular flexibility index (Phi) is 3.23. The van der Waals surface area contributed by atoms with E-state index in [4.69, 9.17) is 9.84 Å². The number of hydrogen-bond donors (Lipinski definition) is 1. The molecule has 0 bridgehead atoms. The van der Waals surface area contributed by atoms with Crippen molar-refractivity contribution in [3.05, 3.63) is 17.5 Å². The third kappa shape index (κ3) is 2.52. The lowest BCUT2D eigenvalue weighted by Gasteiger charge is -2.24. The van der Waals surface area contributed by atoms with Gasteiger partial charge in [-0.05, 0) is 13.8 Å². The molecule has 0 atom stereocenters. The fourth-order valence-corrected chi connectivity index (χ4v) is 1.70. The highest BCUT2D eigenvalue weighted by atomic mass is 16.5. The van der Waals surface area contributed by atoms with Gasteiger partial charge < -0.3 is 14.7 Å². The lowest BCUT2D eigenvalue weighted by Crippen LogP contribution is -2.37. The predicted molar refractivity (Wildman–Crippen MR) is 60.6 cm³/mol. The highest BCUT2D eigenvalue weighted by molar-refractivity contribution is 5.72. The van der Waals surface area contributed by atoms with Crippen LogP contribution in [-0.2, 0) is 22.7 Å². The monoisotopic (exact) mass is 237 g/mol. The Labute approximate surface area is 99.2 Å². The summed E-state index contributed by atoms with van der Waals surface area (Å²) in [7, 11) is 0. The molecule has 0 aliphatic carbocycles. The maximum Gasteiger partial charge on any atom is 0.323 e. The number of nitrogens with zero attached hydrogens (tertiary/aromatic N) is 3. The minimum absolute atomic E-state index is 0.0338. The standard InChI is InChI=1S/C11H15N3O3/c1-7(2)14(4-10(15)16)11-12-3-8-5-17-6-9(8)13-11/h3,7H,4-6H2,1-2H3,(H,15,16). The van der Waals surface area contributed by atoms with Crippen molar-refractivity contribution in [1.82, 2.24) is 9.97 Å². The van der Waals surface area contributed by atoms with Crippen LogP contribution in [0.15, 0.2) is 6.20 Å². The summed E-state index contributed by atoms with van der Waals surface area (Å²) in [6.45, 7) is 4.74. The molecule has 1 N–H and O–H groups in total. The van der Waals surface area contributed by atoms with Gasteiger partial charge in [0.15, 0.2) is 0 Å². The van der Waals surface area contributed by atoms with Crippen molar-refractivity contribution in [2.75, 3.05) is 11.4 Å². The van der Waals surface area contributed by atoms with E-state index in [1.165, 1.54) is 0 Å². The van der Waals surface area contributed by atoms with Crippen LogP contribution >= 0.6 is 0 Å². The first kappa shape index (κ1) is 11.8. The van der Waals surface area contributed by atoms with E-state index in [1.54, 1.807) is 11.1 Å². The Morgan fingerprint density at radius 3 is 3.00 bits per heavy atom.